The number of aromatic amines is 1. The number of fused-ring (bicyclic) bond motifs is 2. The topological polar surface area (TPSA) is 45.2 Å². The first-order valence-electron chi connectivity index (χ1n) is 9.17. The summed E-state index contributed by atoms with van der Waals surface area (Å²) in [5, 5.41) is 1.80. The summed E-state index contributed by atoms with van der Waals surface area (Å²) in [5.74, 6) is 0.679. The molecule has 0 saturated heterocycles. The molecule has 0 amide bonds. The minimum Gasteiger partial charge on any atom is -0.322 e. The Labute approximate surface area is 162 Å². The van der Waals surface area contributed by atoms with Crippen LogP contribution in [0.5, 0.6) is 0 Å². The number of aliphatic imine (C=N–C) groups is 1. The number of aromatic nitrogens is 1. The van der Waals surface area contributed by atoms with Gasteiger partial charge >= 0.3 is 0 Å². The van der Waals surface area contributed by atoms with Crippen LogP contribution in [0.3, 0.4) is 0 Å². The van der Waals surface area contributed by atoms with Gasteiger partial charge in [0, 0.05) is 39.9 Å². The van der Waals surface area contributed by atoms with E-state index in [1.807, 2.05) is 37.4 Å². The fourth-order valence-corrected chi connectivity index (χ4v) is 4.67. The molecule has 1 aromatic heterocycles. The van der Waals surface area contributed by atoms with Crippen molar-refractivity contribution in [1.82, 2.24) is 4.98 Å². The Kier molecular flexibility index (Phi) is 3.63. The van der Waals surface area contributed by atoms with Crippen LogP contribution in [0.15, 0.2) is 70.6 Å². The highest BCUT2D eigenvalue weighted by Crippen LogP contribution is 2.63. The Morgan fingerprint density at radius 2 is 2.04 bits per heavy atom. The van der Waals surface area contributed by atoms with Gasteiger partial charge in [0.15, 0.2) is 0 Å². The first kappa shape index (κ1) is 16.5. The quantitative estimate of drug-likeness (QED) is 0.670. The molecule has 2 unspecified atom stereocenters. The molecule has 1 aliphatic heterocycles. The van der Waals surface area contributed by atoms with Crippen molar-refractivity contribution < 1.29 is 0 Å². The summed E-state index contributed by atoms with van der Waals surface area (Å²) in [4.78, 5) is 19.3. The minimum atomic E-state index is -0.0351. The van der Waals surface area contributed by atoms with E-state index in [-0.39, 0.29) is 16.9 Å². The zero-order chi connectivity index (χ0) is 18.6. The van der Waals surface area contributed by atoms with E-state index in [1.54, 1.807) is 0 Å². The van der Waals surface area contributed by atoms with Gasteiger partial charge in [-0.05, 0) is 66.1 Å². The highest BCUT2D eigenvalue weighted by Gasteiger charge is 2.58. The van der Waals surface area contributed by atoms with Gasteiger partial charge in [0.1, 0.15) is 0 Å². The SMILES string of the molecule is Cc1cc2cc(C(c3cccc(Cl)c3)[C@]34C=NC=CC3C4)ccc2[nH]c1=O. The average Bonchev–Trinajstić information content (AvgIpc) is 3.38. The van der Waals surface area contributed by atoms with Crippen molar-refractivity contribution in [2.45, 2.75) is 19.3 Å². The minimum absolute atomic E-state index is 0.00431. The molecule has 2 heterocycles. The number of benzene rings is 2. The number of allylic oxidation sites excluding steroid dienone is 1. The molecule has 0 bridgehead atoms. The molecule has 0 spiro atoms. The van der Waals surface area contributed by atoms with E-state index in [0.29, 0.717) is 5.92 Å². The normalized spacial score (nSPS) is 24.0. The second-order valence-corrected chi connectivity index (χ2v) is 8.10. The number of hydrogen-bond acceptors (Lipinski definition) is 2. The molecule has 3 aromatic rings. The van der Waals surface area contributed by atoms with Gasteiger partial charge in [-0.15, -0.1) is 0 Å². The molecule has 0 radical (unpaired) electrons. The van der Waals surface area contributed by atoms with E-state index >= 15 is 0 Å². The molecule has 1 N–H and O–H groups in total. The van der Waals surface area contributed by atoms with E-state index in [9.17, 15) is 4.79 Å². The van der Waals surface area contributed by atoms with E-state index < -0.39 is 0 Å². The summed E-state index contributed by atoms with van der Waals surface area (Å²) in [6.45, 7) is 1.84. The molecule has 3 atom stereocenters. The van der Waals surface area contributed by atoms with E-state index in [2.05, 4.69) is 46.5 Å². The molecule has 5 rings (SSSR count). The Bertz CT molecular complexity index is 1180. The molecule has 1 fully saturated rings. The number of hydrogen-bond donors (Lipinski definition) is 1. The van der Waals surface area contributed by atoms with Crippen LogP contribution in [0, 0.1) is 18.3 Å². The predicted molar refractivity (Wildman–Crippen MR) is 111 cm³/mol. The third-order valence-electron chi connectivity index (χ3n) is 5.93. The lowest BCUT2D eigenvalue weighted by atomic mass is 9.76. The summed E-state index contributed by atoms with van der Waals surface area (Å²) in [6.07, 6.45) is 7.32. The number of nitrogens with zero attached hydrogens (tertiary/aromatic N) is 1. The summed E-state index contributed by atoms with van der Waals surface area (Å²) in [5.41, 5.74) is 3.98. The third kappa shape index (κ3) is 2.65. The van der Waals surface area contributed by atoms with E-state index in [1.165, 1.54) is 11.1 Å². The van der Waals surface area contributed by atoms with Crippen molar-refractivity contribution in [2.75, 3.05) is 0 Å². The van der Waals surface area contributed by atoms with Gasteiger partial charge < -0.3 is 4.98 Å². The Balaban J connectivity index is 1.70. The van der Waals surface area contributed by atoms with Crippen LogP contribution in [0.4, 0.5) is 0 Å². The maximum absolute atomic E-state index is 11.9. The first-order chi connectivity index (χ1) is 13.1. The van der Waals surface area contributed by atoms with Gasteiger partial charge in [0.2, 0.25) is 0 Å². The largest absolute Gasteiger partial charge is 0.322 e. The summed E-state index contributed by atoms with van der Waals surface area (Å²) in [7, 11) is 0. The Hall–Kier alpha value is -2.65. The average molecular weight is 375 g/mol. The standard InChI is InChI=1S/C23H19ClN2O/c1-14-9-17-10-16(5-6-20(17)26-22(14)27)21(15-3-2-4-19(24)11-15)23-12-18(23)7-8-25-13-23/h2-11,13,18,21H,12H2,1H3,(H,26,27)/t18?,21?,23-/m1/s1. The fraction of sp³-hybridized carbons (Fsp3) is 0.217. The van der Waals surface area contributed by atoms with Gasteiger partial charge in [0.05, 0.1) is 0 Å². The molecule has 134 valence electrons. The monoisotopic (exact) mass is 374 g/mol. The van der Waals surface area contributed by atoms with E-state index in [0.717, 1.165) is 27.9 Å². The predicted octanol–water partition coefficient (Wildman–Crippen LogP) is 5.23. The van der Waals surface area contributed by atoms with Crippen molar-refractivity contribution in [3.05, 3.63) is 92.9 Å². The molecular formula is C23H19ClN2O. The number of H-pyrrole nitrogens is 1. The second kappa shape index (κ2) is 5.93. The smallest absolute Gasteiger partial charge is 0.251 e. The second-order valence-electron chi connectivity index (χ2n) is 7.66. The highest BCUT2D eigenvalue weighted by atomic mass is 35.5. The first-order valence-corrected chi connectivity index (χ1v) is 9.55. The van der Waals surface area contributed by atoms with Crippen LogP contribution < -0.4 is 5.56 Å². The molecule has 1 aliphatic carbocycles. The van der Waals surface area contributed by atoms with Crippen molar-refractivity contribution in [3.8, 4) is 0 Å². The fourth-order valence-electron chi connectivity index (χ4n) is 4.47. The number of halogens is 1. The summed E-state index contributed by atoms with van der Waals surface area (Å²) < 4.78 is 0. The number of pyridine rings is 1. The van der Waals surface area contributed by atoms with Crippen molar-refractivity contribution >= 4 is 28.7 Å². The number of aryl methyl sites for hydroxylation is 1. The molecule has 4 heteroatoms. The van der Waals surface area contributed by atoms with Crippen LogP contribution in [0.2, 0.25) is 5.02 Å². The van der Waals surface area contributed by atoms with Crippen LogP contribution in [-0.2, 0) is 0 Å². The molecule has 1 saturated carbocycles. The van der Waals surface area contributed by atoms with Crippen LogP contribution in [-0.4, -0.2) is 11.2 Å². The molecule has 2 aliphatic rings. The zero-order valence-electron chi connectivity index (χ0n) is 14.9. The maximum atomic E-state index is 11.9. The number of nitrogens with one attached hydrogen (secondary N) is 1. The Morgan fingerprint density at radius 1 is 1.19 bits per heavy atom. The van der Waals surface area contributed by atoms with Crippen LogP contribution in [0.25, 0.3) is 10.9 Å². The highest BCUT2D eigenvalue weighted by molar-refractivity contribution is 6.30. The van der Waals surface area contributed by atoms with Crippen molar-refractivity contribution in [1.29, 1.82) is 0 Å². The van der Waals surface area contributed by atoms with Gasteiger partial charge in [-0.1, -0.05) is 35.9 Å². The number of rotatable bonds is 3. The lowest BCUT2D eigenvalue weighted by molar-refractivity contribution is 0.574. The lowest BCUT2D eigenvalue weighted by Crippen LogP contribution is -2.20. The zero-order valence-corrected chi connectivity index (χ0v) is 15.7. The summed E-state index contributed by atoms with van der Waals surface area (Å²) >= 11 is 6.32. The molecular weight excluding hydrogens is 356 g/mol. The van der Waals surface area contributed by atoms with E-state index in [4.69, 9.17) is 11.6 Å². The Morgan fingerprint density at radius 3 is 2.85 bits per heavy atom. The van der Waals surface area contributed by atoms with Gasteiger partial charge in [0.25, 0.3) is 5.56 Å². The molecule has 3 nitrogen and oxygen atoms in total. The van der Waals surface area contributed by atoms with Gasteiger partial charge in [-0.3, -0.25) is 9.79 Å². The van der Waals surface area contributed by atoms with Gasteiger partial charge in [-0.2, -0.15) is 0 Å². The van der Waals surface area contributed by atoms with Crippen molar-refractivity contribution in [3.63, 3.8) is 0 Å². The third-order valence-corrected chi connectivity index (χ3v) is 6.16. The maximum Gasteiger partial charge on any atom is 0.251 e. The lowest BCUT2D eigenvalue weighted by Gasteiger charge is -2.27. The van der Waals surface area contributed by atoms with Crippen LogP contribution >= 0.6 is 11.6 Å². The molecule has 2 aromatic carbocycles. The van der Waals surface area contributed by atoms with Crippen molar-refractivity contribution in [2.24, 2.45) is 16.3 Å². The molecule has 27 heavy (non-hydrogen) atoms. The summed E-state index contributed by atoms with van der Waals surface area (Å²) in [6, 6.07) is 16.4. The van der Waals surface area contributed by atoms with Gasteiger partial charge in [-0.25, -0.2) is 0 Å². The van der Waals surface area contributed by atoms with Crippen LogP contribution in [0.1, 0.15) is 29.0 Å².